The third-order valence-electron chi connectivity index (χ3n) is 2.51. The van der Waals surface area contributed by atoms with E-state index in [1.54, 1.807) is 0 Å². The van der Waals surface area contributed by atoms with Crippen LogP contribution in [0.25, 0.3) is 0 Å². The zero-order valence-electron chi connectivity index (χ0n) is 11.0. The molecule has 0 saturated carbocycles. The Morgan fingerprint density at radius 2 is 1.06 bits per heavy atom. The number of carbonyl (C=O) groups is 1. The van der Waals surface area contributed by atoms with Crippen LogP contribution in [0.4, 0.5) is 4.79 Å². The number of hydrogen-bond donors (Lipinski definition) is 3. The fraction of sp³-hybridized carbons (Fsp3) is 0.923. The predicted molar refractivity (Wildman–Crippen MR) is 69.6 cm³/mol. The molecular weight excluding hydrogens is 220 g/mol. The van der Waals surface area contributed by atoms with Crippen molar-refractivity contribution in [3.63, 3.8) is 0 Å². The van der Waals surface area contributed by atoms with Crippen LogP contribution in [0.15, 0.2) is 0 Å². The van der Waals surface area contributed by atoms with Crippen LogP contribution in [-0.4, -0.2) is 28.1 Å². The summed E-state index contributed by atoms with van der Waals surface area (Å²) < 4.78 is 0. The topological polar surface area (TPSA) is 77.8 Å². The van der Waals surface area contributed by atoms with Gasteiger partial charge >= 0.3 is 6.16 Å². The maximum atomic E-state index is 8.57. The first-order valence-electron chi connectivity index (χ1n) is 6.67. The van der Waals surface area contributed by atoms with E-state index in [4.69, 9.17) is 20.1 Å². The van der Waals surface area contributed by atoms with Crippen LogP contribution < -0.4 is 0 Å². The molecule has 4 heteroatoms. The number of hydrogen-bond acceptors (Lipinski definition) is 2. The Kier molecular flexibility index (Phi) is 19.3. The van der Waals surface area contributed by atoms with E-state index >= 15 is 0 Å². The quantitative estimate of drug-likeness (QED) is 0.508. The lowest BCUT2D eigenvalue weighted by Gasteiger charge is -2.00. The number of unbranched alkanes of at least 4 members (excludes halogenated alkanes) is 9. The number of aliphatic hydroxyl groups excluding tert-OH is 1. The Labute approximate surface area is 105 Å². The van der Waals surface area contributed by atoms with Gasteiger partial charge < -0.3 is 15.3 Å². The van der Waals surface area contributed by atoms with Gasteiger partial charge in [0.15, 0.2) is 0 Å². The van der Waals surface area contributed by atoms with Crippen LogP contribution in [0.3, 0.4) is 0 Å². The number of carboxylic acid groups (broad SMARTS) is 2. The number of rotatable bonds is 10. The summed E-state index contributed by atoms with van der Waals surface area (Å²) in [6, 6.07) is 0. The third-order valence-corrected chi connectivity index (χ3v) is 2.51. The van der Waals surface area contributed by atoms with Crippen molar-refractivity contribution in [2.75, 3.05) is 6.61 Å². The molecule has 0 spiro atoms. The van der Waals surface area contributed by atoms with Crippen molar-refractivity contribution >= 4 is 6.16 Å². The van der Waals surface area contributed by atoms with Gasteiger partial charge in [0, 0.05) is 6.61 Å². The van der Waals surface area contributed by atoms with E-state index in [0.29, 0.717) is 6.61 Å². The maximum absolute atomic E-state index is 8.57. The smallest absolute Gasteiger partial charge is 0.450 e. The minimum atomic E-state index is -1.83. The second-order valence-electron chi connectivity index (χ2n) is 4.19. The van der Waals surface area contributed by atoms with Crippen LogP contribution in [0.1, 0.15) is 71.1 Å². The highest BCUT2D eigenvalue weighted by Crippen LogP contribution is 2.09. The Balaban J connectivity index is 0. The van der Waals surface area contributed by atoms with Crippen molar-refractivity contribution in [1.29, 1.82) is 0 Å². The predicted octanol–water partition coefficient (Wildman–Crippen LogP) is 4.12. The maximum Gasteiger partial charge on any atom is 0.503 e. The van der Waals surface area contributed by atoms with Gasteiger partial charge in [-0.3, -0.25) is 0 Å². The minimum absolute atomic E-state index is 0.372. The van der Waals surface area contributed by atoms with Gasteiger partial charge in [-0.15, -0.1) is 0 Å². The Morgan fingerprint density at radius 3 is 1.35 bits per heavy atom. The average molecular weight is 248 g/mol. The summed E-state index contributed by atoms with van der Waals surface area (Å²) >= 11 is 0. The molecule has 0 unspecified atom stereocenters. The molecular formula is C13H28O4. The zero-order valence-corrected chi connectivity index (χ0v) is 11.0. The summed E-state index contributed by atoms with van der Waals surface area (Å²) in [5, 5.41) is 22.5. The van der Waals surface area contributed by atoms with Crippen molar-refractivity contribution < 1.29 is 20.1 Å². The van der Waals surface area contributed by atoms with Crippen molar-refractivity contribution in [3.05, 3.63) is 0 Å². The van der Waals surface area contributed by atoms with Gasteiger partial charge in [-0.2, -0.15) is 0 Å². The number of aliphatic hydroxyl groups is 1. The van der Waals surface area contributed by atoms with Gasteiger partial charge in [-0.25, -0.2) is 4.79 Å². The summed E-state index contributed by atoms with van der Waals surface area (Å²) in [6.45, 7) is 2.63. The summed E-state index contributed by atoms with van der Waals surface area (Å²) in [5.41, 5.74) is 0. The van der Waals surface area contributed by atoms with Gasteiger partial charge in [-0.1, -0.05) is 64.7 Å². The first kappa shape index (κ1) is 18.6. The summed E-state index contributed by atoms with van der Waals surface area (Å²) in [6.07, 6.45) is 11.5. The highest BCUT2D eigenvalue weighted by molar-refractivity contribution is 5.53. The monoisotopic (exact) mass is 248 g/mol. The molecule has 3 N–H and O–H groups in total. The molecule has 0 aromatic carbocycles. The molecule has 0 saturated heterocycles. The molecule has 0 fully saturated rings. The first-order valence-corrected chi connectivity index (χ1v) is 6.67. The van der Waals surface area contributed by atoms with Gasteiger partial charge in [0.2, 0.25) is 0 Å². The summed E-state index contributed by atoms with van der Waals surface area (Å²) in [7, 11) is 0. The van der Waals surface area contributed by atoms with E-state index in [0.717, 1.165) is 6.42 Å². The molecule has 0 bridgehead atoms. The normalized spacial score (nSPS) is 9.53. The largest absolute Gasteiger partial charge is 0.503 e. The SMILES string of the molecule is CCCCCCCCCCCCO.O=C(O)O. The minimum Gasteiger partial charge on any atom is -0.450 e. The lowest BCUT2D eigenvalue weighted by molar-refractivity contribution is 0.137. The van der Waals surface area contributed by atoms with E-state index in [2.05, 4.69) is 6.92 Å². The van der Waals surface area contributed by atoms with Gasteiger partial charge in [0.25, 0.3) is 0 Å². The van der Waals surface area contributed by atoms with Crippen molar-refractivity contribution in [2.24, 2.45) is 0 Å². The molecule has 0 amide bonds. The highest BCUT2D eigenvalue weighted by atomic mass is 16.6. The lowest BCUT2D eigenvalue weighted by atomic mass is 10.1. The van der Waals surface area contributed by atoms with Gasteiger partial charge in [0.05, 0.1) is 0 Å². The average Bonchev–Trinajstić information content (AvgIpc) is 2.26. The molecule has 0 aliphatic rings. The Bertz CT molecular complexity index is 134. The van der Waals surface area contributed by atoms with Gasteiger partial charge in [-0.05, 0) is 6.42 Å². The van der Waals surface area contributed by atoms with E-state index in [9.17, 15) is 0 Å². The van der Waals surface area contributed by atoms with Crippen molar-refractivity contribution in [2.45, 2.75) is 71.1 Å². The second-order valence-corrected chi connectivity index (χ2v) is 4.19. The molecule has 4 nitrogen and oxygen atoms in total. The molecule has 0 heterocycles. The van der Waals surface area contributed by atoms with E-state index in [1.165, 1.54) is 57.8 Å². The molecule has 0 aromatic heterocycles. The van der Waals surface area contributed by atoms with Crippen LogP contribution in [-0.2, 0) is 0 Å². The van der Waals surface area contributed by atoms with Crippen molar-refractivity contribution in [1.82, 2.24) is 0 Å². The molecule has 0 atom stereocenters. The summed E-state index contributed by atoms with van der Waals surface area (Å²) in [5.74, 6) is 0. The summed E-state index contributed by atoms with van der Waals surface area (Å²) in [4.78, 5) is 8.56. The first-order chi connectivity index (χ1) is 8.15. The van der Waals surface area contributed by atoms with Gasteiger partial charge in [0.1, 0.15) is 0 Å². The molecule has 104 valence electrons. The molecule has 17 heavy (non-hydrogen) atoms. The van der Waals surface area contributed by atoms with E-state index < -0.39 is 6.16 Å². The van der Waals surface area contributed by atoms with Crippen LogP contribution >= 0.6 is 0 Å². The highest BCUT2D eigenvalue weighted by Gasteiger charge is 1.91. The van der Waals surface area contributed by atoms with E-state index in [1.807, 2.05) is 0 Å². The Morgan fingerprint density at radius 1 is 0.765 bits per heavy atom. The zero-order chi connectivity index (χ0) is 13.4. The second kappa shape index (κ2) is 17.6. The fourth-order valence-electron chi connectivity index (χ4n) is 1.60. The third kappa shape index (κ3) is 31.3. The van der Waals surface area contributed by atoms with Crippen LogP contribution in [0, 0.1) is 0 Å². The molecule has 0 radical (unpaired) electrons. The molecule has 0 aliphatic carbocycles. The molecule has 0 aromatic rings. The molecule has 0 rings (SSSR count). The standard InChI is InChI=1S/C12H26O.CH2O3/c1-2-3-4-5-6-7-8-9-10-11-12-13;2-1(3)4/h13H,2-12H2,1H3;(H2,2,3,4). The van der Waals surface area contributed by atoms with Crippen LogP contribution in [0.5, 0.6) is 0 Å². The fourth-order valence-corrected chi connectivity index (χ4v) is 1.60. The van der Waals surface area contributed by atoms with Crippen molar-refractivity contribution in [3.8, 4) is 0 Å². The lowest BCUT2D eigenvalue weighted by Crippen LogP contribution is -1.84. The van der Waals surface area contributed by atoms with Crippen LogP contribution in [0.2, 0.25) is 0 Å². The molecule has 0 aliphatic heterocycles. The Hall–Kier alpha value is -0.770. The van der Waals surface area contributed by atoms with E-state index in [-0.39, 0.29) is 0 Å².